The number of hydrogen-bond donors (Lipinski definition) is 0. The van der Waals surface area contributed by atoms with Crippen LogP contribution in [0, 0.1) is 3.70 Å². The van der Waals surface area contributed by atoms with Crippen molar-refractivity contribution in [2.45, 2.75) is 19.8 Å². The number of nitrogens with zero attached hydrogens (tertiary/aromatic N) is 3. The number of ether oxygens (including phenoxy) is 2. The van der Waals surface area contributed by atoms with Crippen LogP contribution in [0.4, 0.5) is 0 Å². The standard InChI is InChI=1S/C16H15ClIN3O3/c1-2-23-16(22)11-13(24-8-10-6-4-3-5-7-10)12(17)14(18)21-15(11)19-9-20-21/h4,6-7,9H,2-3,5,8H2,1H3. The summed E-state index contributed by atoms with van der Waals surface area (Å²) in [4.78, 5) is 16.6. The van der Waals surface area contributed by atoms with Gasteiger partial charge in [-0.2, -0.15) is 5.10 Å². The van der Waals surface area contributed by atoms with Crippen LogP contribution in [0.5, 0.6) is 5.75 Å². The fourth-order valence-electron chi connectivity index (χ4n) is 2.41. The van der Waals surface area contributed by atoms with Crippen molar-refractivity contribution in [3.63, 3.8) is 0 Å². The van der Waals surface area contributed by atoms with E-state index in [0.29, 0.717) is 21.0 Å². The lowest BCUT2D eigenvalue weighted by molar-refractivity contribution is 0.0523. The van der Waals surface area contributed by atoms with Gasteiger partial charge in [-0.1, -0.05) is 29.8 Å². The summed E-state index contributed by atoms with van der Waals surface area (Å²) >= 11 is 8.48. The van der Waals surface area contributed by atoms with Crippen LogP contribution >= 0.6 is 34.2 Å². The number of aromatic nitrogens is 3. The second-order valence-electron chi connectivity index (χ2n) is 5.07. The first-order chi connectivity index (χ1) is 11.6. The first kappa shape index (κ1) is 17.2. The predicted octanol–water partition coefficient (Wildman–Crippen LogP) is 3.82. The number of allylic oxidation sites excluding steroid dienone is 2. The fourth-order valence-corrected chi connectivity index (χ4v) is 3.23. The van der Waals surface area contributed by atoms with Crippen molar-refractivity contribution in [1.82, 2.24) is 14.6 Å². The van der Waals surface area contributed by atoms with Gasteiger partial charge in [-0.15, -0.1) is 0 Å². The van der Waals surface area contributed by atoms with Crippen LogP contribution in [0.1, 0.15) is 30.1 Å². The molecular formula is C16H15ClIN3O3. The molecule has 0 amide bonds. The Labute approximate surface area is 157 Å². The Morgan fingerprint density at radius 2 is 2.29 bits per heavy atom. The number of fused-ring (bicyclic) bond motifs is 1. The van der Waals surface area contributed by atoms with Gasteiger partial charge in [-0.05, 0) is 47.9 Å². The van der Waals surface area contributed by atoms with Crippen LogP contribution in [0.15, 0.2) is 30.1 Å². The van der Waals surface area contributed by atoms with Gasteiger partial charge in [0.25, 0.3) is 0 Å². The topological polar surface area (TPSA) is 65.7 Å². The summed E-state index contributed by atoms with van der Waals surface area (Å²) < 4.78 is 13.2. The summed E-state index contributed by atoms with van der Waals surface area (Å²) in [7, 11) is 0. The highest BCUT2D eigenvalue weighted by Crippen LogP contribution is 2.36. The third-order valence-electron chi connectivity index (χ3n) is 3.50. The fraction of sp³-hybridized carbons (Fsp3) is 0.312. The van der Waals surface area contributed by atoms with Crippen LogP contribution in [0.3, 0.4) is 0 Å². The first-order valence-electron chi connectivity index (χ1n) is 7.49. The van der Waals surface area contributed by atoms with Crippen molar-refractivity contribution >= 4 is 45.8 Å². The normalized spacial score (nSPS) is 13.9. The molecule has 24 heavy (non-hydrogen) atoms. The Bertz CT molecular complexity index is 845. The number of rotatable bonds is 5. The second-order valence-corrected chi connectivity index (χ2v) is 6.47. The third kappa shape index (κ3) is 3.27. The van der Waals surface area contributed by atoms with Gasteiger partial charge in [0.2, 0.25) is 0 Å². The summed E-state index contributed by atoms with van der Waals surface area (Å²) in [5, 5.41) is 4.42. The molecule has 0 N–H and O–H groups in total. The van der Waals surface area contributed by atoms with E-state index < -0.39 is 5.97 Å². The Kier molecular flexibility index (Phi) is 5.40. The summed E-state index contributed by atoms with van der Waals surface area (Å²) in [5.74, 6) is -0.253. The molecule has 0 saturated heterocycles. The molecule has 3 rings (SSSR count). The molecule has 126 valence electrons. The molecule has 0 fully saturated rings. The molecule has 2 heterocycles. The number of halogens is 2. The van der Waals surface area contributed by atoms with E-state index in [-0.39, 0.29) is 17.9 Å². The molecule has 0 aromatic carbocycles. The Hall–Kier alpha value is -1.61. The number of hydrogen-bond acceptors (Lipinski definition) is 5. The minimum atomic E-state index is -0.531. The first-order valence-corrected chi connectivity index (χ1v) is 8.95. The van der Waals surface area contributed by atoms with Crippen LogP contribution in [-0.4, -0.2) is 33.8 Å². The summed E-state index contributed by atoms with van der Waals surface area (Å²) in [6.07, 6.45) is 9.60. The van der Waals surface area contributed by atoms with Gasteiger partial charge in [0.1, 0.15) is 27.2 Å². The van der Waals surface area contributed by atoms with E-state index in [9.17, 15) is 4.79 Å². The smallest absolute Gasteiger partial charge is 0.345 e. The van der Waals surface area contributed by atoms with Crippen molar-refractivity contribution in [3.8, 4) is 5.75 Å². The summed E-state index contributed by atoms with van der Waals surface area (Å²) in [6, 6.07) is 0. The highest BCUT2D eigenvalue weighted by atomic mass is 127. The zero-order valence-corrected chi connectivity index (χ0v) is 15.9. The number of esters is 1. The largest absolute Gasteiger partial charge is 0.486 e. The lowest BCUT2D eigenvalue weighted by Gasteiger charge is -2.16. The molecule has 0 saturated carbocycles. The van der Waals surface area contributed by atoms with Crippen molar-refractivity contribution < 1.29 is 14.3 Å². The van der Waals surface area contributed by atoms with E-state index in [4.69, 9.17) is 21.1 Å². The lowest BCUT2D eigenvalue weighted by Crippen LogP contribution is -2.14. The summed E-state index contributed by atoms with van der Waals surface area (Å²) in [6.45, 7) is 2.31. The molecule has 1 aliphatic carbocycles. The molecule has 1 aliphatic rings. The van der Waals surface area contributed by atoms with E-state index in [1.807, 2.05) is 28.7 Å². The number of pyridine rings is 1. The molecule has 2 aromatic rings. The van der Waals surface area contributed by atoms with Crippen LogP contribution in [0.25, 0.3) is 5.65 Å². The minimum Gasteiger partial charge on any atom is -0.486 e. The van der Waals surface area contributed by atoms with Gasteiger partial charge in [-0.25, -0.2) is 14.3 Å². The van der Waals surface area contributed by atoms with Gasteiger partial charge >= 0.3 is 5.97 Å². The molecule has 0 radical (unpaired) electrons. The van der Waals surface area contributed by atoms with E-state index in [1.165, 1.54) is 10.8 Å². The minimum absolute atomic E-state index is 0.195. The van der Waals surface area contributed by atoms with Gasteiger partial charge in [-0.3, -0.25) is 0 Å². The Balaban J connectivity index is 2.05. The maximum absolute atomic E-state index is 12.4. The average molecular weight is 460 g/mol. The monoisotopic (exact) mass is 459 g/mol. The maximum atomic E-state index is 12.4. The molecule has 0 spiro atoms. The van der Waals surface area contributed by atoms with Gasteiger partial charge in [0, 0.05) is 0 Å². The quantitative estimate of drug-likeness (QED) is 0.386. The van der Waals surface area contributed by atoms with E-state index in [0.717, 1.165) is 18.4 Å². The van der Waals surface area contributed by atoms with Gasteiger partial charge < -0.3 is 9.47 Å². The molecule has 0 atom stereocenters. The molecular weight excluding hydrogens is 445 g/mol. The average Bonchev–Trinajstić information content (AvgIpc) is 3.07. The van der Waals surface area contributed by atoms with Gasteiger partial charge in [0.05, 0.1) is 6.61 Å². The van der Waals surface area contributed by atoms with Crippen LogP contribution < -0.4 is 4.74 Å². The molecule has 0 bridgehead atoms. The van der Waals surface area contributed by atoms with Gasteiger partial charge in [0.15, 0.2) is 11.4 Å². The SMILES string of the molecule is CCOC(=O)c1c(OCC2=CCCC=C2)c(Cl)c(I)n2ncnc12. The van der Waals surface area contributed by atoms with Crippen LogP contribution in [0.2, 0.25) is 5.02 Å². The molecule has 2 aromatic heterocycles. The van der Waals surface area contributed by atoms with E-state index in [1.54, 1.807) is 6.92 Å². The van der Waals surface area contributed by atoms with Crippen molar-refractivity contribution in [2.75, 3.05) is 13.2 Å². The number of carbonyl (C=O) groups is 1. The van der Waals surface area contributed by atoms with E-state index in [2.05, 4.69) is 22.2 Å². The zero-order chi connectivity index (χ0) is 17.1. The van der Waals surface area contributed by atoms with Crippen LogP contribution in [-0.2, 0) is 4.74 Å². The maximum Gasteiger partial charge on any atom is 0.345 e. The Morgan fingerprint density at radius 1 is 1.46 bits per heavy atom. The highest BCUT2D eigenvalue weighted by Gasteiger charge is 2.26. The molecule has 8 heteroatoms. The molecule has 6 nitrogen and oxygen atoms in total. The van der Waals surface area contributed by atoms with E-state index >= 15 is 0 Å². The zero-order valence-electron chi connectivity index (χ0n) is 13.0. The predicted molar refractivity (Wildman–Crippen MR) is 98.6 cm³/mol. The van der Waals surface area contributed by atoms with Crippen molar-refractivity contribution in [2.24, 2.45) is 0 Å². The Morgan fingerprint density at radius 3 is 3.00 bits per heavy atom. The van der Waals surface area contributed by atoms with Crippen molar-refractivity contribution in [1.29, 1.82) is 0 Å². The highest BCUT2D eigenvalue weighted by molar-refractivity contribution is 14.1. The number of carbonyl (C=O) groups excluding carboxylic acids is 1. The second kappa shape index (κ2) is 7.52. The molecule has 0 aliphatic heterocycles. The summed E-state index contributed by atoms with van der Waals surface area (Å²) in [5.41, 5.74) is 1.61. The van der Waals surface area contributed by atoms with Crippen molar-refractivity contribution in [3.05, 3.63) is 44.4 Å². The third-order valence-corrected chi connectivity index (χ3v) is 5.17. The molecule has 0 unspecified atom stereocenters. The lowest BCUT2D eigenvalue weighted by atomic mass is 10.1.